The number of rotatable bonds is 3. The zero-order chi connectivity index (χ0) is 22.7. The molecular formula is C22H18F3N3O3S. The lowest BCUT2D eigenvalue weighted by Crippen LogP contribution is -2.48. The van der Waals surface area contributed by atoms with E-state index in [1.165, 1.54) is 12.4 Å². The van der Waals surface area contributed by atoms with Gasteiger partial charge in [-0.15, -0.1) is 11.3 Å². The van der Waals surface area contributed by atoms with Crippen LogP contribution in [0.2, 0.25) is 0 Å². The maximum atomic E-state index is 14.0. The second-order valence-electron chi connectivity index (χ2n) is 8.17. The number of amides is 1. The van der Waals surface area contributed by atoms with E-state index in [0.29, 0.717) is 23.6 Å². The van der Waals surface area contributed by atoms with Crippen molar-refractivity contribution in [1.82, 2.24) is 14.5 Å². The number of hydrogen-bond acceptors (Lipinski definition) is 5. The number of pyridine rings is 1. The third kappa shape index (κ3) is 3.21. The van der Waals surface area contributed by atoms with E-state index in [9.17, 15) is 27.9 Å². The lowest BCUT2D eigenvalue weighted by Gasteiger charge is -2.35. The third-order valence-electron chi connectivity index (χ3n) is 6.13. The largest absolute Gasteiger partial charge is 0.503 e. The predicted molar refractivity (Wildman–Crippen MR) is 111 cm³/mol. The number of hydrogen-bond donors (Lipinski definition) is 1. The molecule has 1 saturated heterocycles. The molecule has 2 atom stereocenters. The molecule has 1 aromatic carbocycles. The highest BCUT2D eigenvalue weighted by Gasteiger charge is 2.41. The van der Waals surface area contributed by atoms with Gasteiger partial charge in [-0.05, 0) is 19.8 Å². The first-order valence-electron chi connectivity index (χ1n) is 10.1. The predicted octanol–water partition coefficient (Wildman–Crippen LogP) is 3.69. The fourth-order valence-electron chi connectivity index (χ4n) is 4.57. The van der Waals surface area contributed by atoms with E-state index in [4.69, 9.17) is 0 Å². The van der Waals surface area contributed by atoms with Gasteiger partial charge in [-0.25, -0.2) is 18.2 Å². The van der Waals surface area contributed by atoms with E-state index in [1.54, 1.807) is 9.47 Å². The van der Waals surface area contributed by atoms with Crippen molar-refractivity contribution in [2.75, 3.05) is 0 Å². The Morgan fingerprint density at radius 1 is 1.19 bits per heavy atom. The minimum atomic E-state index is -1.00. The van der Waals surface area contributed by atoms with Crippen molar-refractivity contribution in [3.8, 4) is 16.3 Å². The molecule has 0 aliphatic carbocycles. The second kappa shape index (κ2) is 7.47. The maximum absolute atomic E-state index is 14.0. The number of fused-ring (bicyclic) bond motifs is 2. The Balaban J connectivity index is 1.51. The van der Waals surface area contributed by atoms with Gasteiger partial charge in [0.2, 0.25) is 5.43 Å². The van der Waals surface area contributed by atoms with Crippen LogP contribution in [0.4, 0.5) is 13.2 Å². The van der Waals surface area contributed by atoms with Crippen LogP contribution in [-0.4, -0.2) is 37.5 Å². The Morgan fingerprint density at radius 3 is 2.62 bits per heavy atom. The van der Waals surface area contributed by atoms with E-state index in [-0.39, 0.29) is 46.2 Å². The van der Waals surface area contributed by atoms with Gasteiger partial charge in [0.1, 0.15) is 22.5 Å². The van der Waals surface area contributed by atoms with Crippen LogP contribution >= 0.6 is 11.3 Å². The summed E-state index contributed by atoms with van der Waals surface area (Å²) in [7, 11) is 0. The summed E-state index contributed by atoms with van der Waals surface area (Å²) in [5, 5.41) is 10.8. The molecule has 1 fully saturated rings. The maximum Gasteiger partial charge on any atom is 0.275 e. The van der Waals surface area contributed by atoms with Gasteiger partial charge in [0.25, 0.3) is 5.91 Å². The number of carbonyl (C=O) groups is 1. The van der Waals surface area contributed by atoms with Gasteiger partial charge < -0.3 is 14.6 Å². The third-order valence-corrected chi connectivity index (χ3v) is 7.16. The Bertz CT molecular complexity index is 1300. The molecule has 4 heterocycles. The van der Waals surface area contributed by atoms with Gasteiger partial charge in [-0.2, -0.15) is 0 Å². The summed E-state index contributed by atoms with van der Waals surface area (Å²) in [6.45, 7) is 2.40. The molecule has 0 saturated carbocycles. The molecule has 2 unspecified atom stereocenters. The highest BCUT2D eigenvalue weighted by Crippen LogP contribution is 2.35. The summed E-state index contributed by atoms with van der Waals surface area (Å²) in [6, 6.07) is 1.26. The van der Waals surface area contributed by atoms with Gasteiger partial charge in [-0.1, -0.05) is 0 Å². The quantitative estimate of drug-likeness (QED) is 0.646. The molecule has 3 aromatic rings. The first kappa shape index (κ1) is 20.7. The molecule has 1 amide bonds. The number of carbonyl (C=O) groups excluding carboxylic acids is 1. The highest BCUT2D eigenvalue weighted by atomic mass is 32.1. The Morgan fingerprint density at radius 2 is 1.91 bits per heavy atom. The van der Waals surface area contributed by atoms with Crippen molar-refractivity contribution < 1.29 is 23.1 Å². The minimum Gasteiger partial charge on any atom is -0.503 e. The zero-order valence-electron chi connectivity index (χ0n) is 16.9. The van der Waals surface area contributed by atoms with Gasteiger partial charge in [0.05, 0.1) is 11.6 Å². The molecule has 5 rings (SSSR count). The normalized spacial score (nSPS) is 19.9. The molecule has 2 aliphatic heterocycles. The fourth-order valence-corrected chi connectivity index (χ4v) is 5.50. The summed E-state index contributed by atoms with van der Waals surface area (Å²) in [5.74, 6) is -4.00. The molecule has 2 aliphatic rings. The minimum absolute atomic E-state index is 0.00367. The van der Waals surface area contributed by atoms with Gasteiger partial charge in [0.15, 0.2) is 11.4 Å². The highest BCUT2D eigenvalue weighted by molar-refractivity contribution is 7.15. The van der Waals surface area contributed by atoms with E-state index in [1.807, 2.05) is 6.92 Å². The van der Waals surface area contributed by atoms with Gasteiger partial charge in [-0.3, -0.25) is 9.59 Å². The van der Waals surface area contributed by atoms with Crippen LogP contribution < -0.4 is 5.43 Å². The van der Waals surface area contributed by atoms with E-state index >= 15 is 0 Å². The number of thiazole rings is 1. The van der Waals surface area contributed by atoms with Crippen molar-refractivity contribution in [3.63, 3.8) is 0 Å². The van der Waals surface area contributed by atoms with Crippen LogP contribution in [0.25, 0.3) is 10.6 Å². The lowest BCUT2D eigenvalue weighted by molar-refractivity contribution is 0.0597. The summed E-state index contributed by atoms with van der Waals surface area (Å²) >= 11 is 1.04. The van der Waals surface area contributed by atoms with Crippen LogP contribution in [0.3, 0.4) is 0 Å². The molecule has 6 nitrogen and oxygen atoms in total. The Kier molecular flexibility index (Phi) is 4.85. The Hall–Kier alpha value is -3.14. The van der Waals surface area contributed by atoms with E-state index in [0.717, 1.165) is 24.2 Å². The number of halogens is 3. The molecule has 0 radical (unpaired) electrons. The summed E-state index contributed by atoms with van der Waals surface area (Å²) in [6.07, 6.45) is 4.42. The standard InChI is InChI=1S/C22H18F3N3O3S/c1-10-2-3-12-8-27-9-15(19(29)20(30)18(27)22(31)28(10)12)21-26-7-13(32-21)6-14-16(24)4-11(23)5-17(14)25/h4-5,7,9-10,12,30H,2-3,6,8H2,1H3. The zero-order valence-corrected chi connectivity index (χ0v) is 17.8. The lowest BCUT2D eigenvalue weighted by atomic mass is 10.1. The van der Waals surface area contributed by atoms with Crippen LogP contribution in [0.15, 0.2) is 29.3 Å². The molecule has 0 bridgehead atoms. The topological polar surface area (TPSA) is 75.4 Å². The molecule has 0 spiro atoms. The number of aromatic hydroxyl groups is 1. The first-order chi connectivity index (χ1) is 15.2. The van der Waals surface area contributed by atoms with Crippen LogP contribution in [0, 0.1) is 17.5 Å². The van der Waals surface area contributed by atoms with Crippen molar-refractivity contribution in [1.29, 1.82) is 0 Å². The molecule has 10 heteroatoms. The smallest absolute Gasteiger partial charge is 0.275 e. The second-order valence-corrected chi connectivity index (χ2v) is 9.29. The van der Waals surface area contributed by atoms with Crippen molar-refractivity contribution in [2.45, 2.75) is 44.8 Å². The average molecular weight is 461 g/mol. The molecule has 32 heavy (non-hydrogen) atoms. The molecule has 1 N–H and O–H groups in total. The summed E-state index contributed by atoms with van der Waals surface area (Å²) < 4.78 is 42.7. The molecular weight excluding hydrogens is 443 g/mol. The number of benzene rings is 1. The first-order valence-corrected chi connectivity index (χ1v) is 10.9. The van der Waals surface area contributed by atoms with Crippen LogP contribution in [0.5, 0.6) is 5.75 Å². The Labute approximate surface area is 184 Å². The van der Waals surface area contributed by atoms with Crippen LogP contribution in [0.1, 0.15) is 40.7 Å². The van der Waals surface area contributed by atoms with Crippen LogP contribution in [-0.2, 0) is 13.0 Å². The summed E-state index contributed by atoms with van der Waals surface area (Å²) in [5.41, 5.74) is -0.951. The van der Waals surface area contributed by atoms with Crippen molar-refractivity contribution >= 4 is 17.2 Å². The average Bonchev–Trinajstić information content (AvgIpc) is 3.34. The van der Waals surface area contributed by atoms with E-state index < -0.39 is 28.6 Å². The fraction of sp³-hybridized carbons (Fsp3) is 0.318. The van der Waals surface area contributed by atoms with Crippen molar-refractivity contribution in [3.05, 3.63) is 68.3 Å². The SMILES string of the molecule is CC1CCC2Cn3cc(-c4ncc(Cc5c(F)cc(F)cc5F)s4)c(=O)c(O)c3C(=O)N12. The van der Waals surface area contributed by atoms with Gasteiger partial charge in [0, 0.05) is 54.0 Å². The monoisotopic (exact) mass is 461 g/mol. The number of nitrogens with zero attached hydrogens (tertiary/aromatic N) is 3. The van der Waals surface area contributed by atoms with E-state index in [2.05, 4.69) is 4.98 Å². The molecule has 2 aromatic heterocycles. The van der Waals surface area contributed by atoms with Crippen molar-refractivity contribution in [2.24, 2.45) is 0 Å². The molecule has 166 valence electrons. The summed E-state index contributed by atoms with van der Waals surface area (Å²) in [4.78, 5) is 32.1. The number of aromatic nitrogens is 2. The van der Waals surface area contributed by atoms with Gasteiger partial charge >= 0.3 is 0 Å².